The monoisotopic (exact) mass is 206 g/mol. The maximum atomic E-state index is 10.3. The van der Waals surface area contributed by atoms with Gasteiger partial charge in [-0.05, 0) is 30.3 Å². The van der Waals surface area contributed by atoms with Gasteiger partial charge in [-0.25, -0.2) is 0 Å². The van der Waals surface area contributed by atoms with Gasteiger partial charge in [-0.1, -0.05) is 25.2 Å². The van der Waals surface area contributed by atoms with Crippen LogP contribution < -0.4 is 0 Å². The Morgan fingerprint density at radius 2 is 1.87 bits per heavy atom. The topological polar surface area (TPSA) is 40.5 Å². The van der Waals surface area contributed by atoms with Gasteiger partial charge in [0.15, 0.2) is 0 Å². The Hall–Kier alpha value is -0.600. The smallest absolute Gasteiger partial charge is 0.0788 e. The van der Waals surface area contributed by atoms with Crippen LogP contribution in [0.15, 0.2) is 23.8 Å². The second-order valence-corrected chi connectivity index (χ2v) is 5.13. The summed E-state index contributed by atoms with van der Waals surface area (Å²) in [7, 11) is 0. The second-order valence-electron chi connectivity index (χ2n) is 5.13. The number of rotatable bonds is 1. The first-order chi connectivity index (χ1) is 7.22. The van der Waals surface area contributed by atoms with Gasteiger partial charge >= 0.3 is 0 Å². The van der Waals surface area contributed by atoms with Crippen LogP contribution in [0.2, 0.25) is 0 Å². The lowest BCUT2D eigenvalue weighted by atomic mass is 9.70. The molecule has 1 fully saturated rings. The van der Waals surface area contributed by atoms with E-state index in [1.54, 1.807) is 0 Å². The maximum absolute atomic E-state index is 10.3. The van der Waals surface area contributed by atoms with Crippen molar-refractivity contribution >= 4 is 0 Å². The van der Waals surface area contributed by atoms with Crippen LogP contribution in [0.4, 0.5) is 0 Å². The summed E-state index contributed by atoms with van der Waals surface area (Å²) in [5.74, 6) is 1.54. The Bertz CT molecular complexity index is 331. The average molecular weight is 206 g/mol. The molecule has 0 spiro atoms. The largest absolute Gasteiger partial charge is 0.389 e. The summed E-state index contributed by atoms with van der Waals surface area (Å²) in [6.07, 6.45) is 7.68. The van der Waals surface area contributed by atoms with Gasteiger partial charge in [0, 0.05) is 11.8 Å². The summed E-state index contributed by atoms with van der Waals surface area (Å²) in [6, 6.07) is 0. The summed E-state index contributed by atoms with van der Waals surface area (Å²) in [6.45, 7) is 2.05. The van der Waals surface area contributed by atoms with Crippen LogP contribution in [-0.4, -0.2) is 22.4 Å². The molecule has 0 aliphatic heterocycles. The van der Waals surface area contributed by atoms with E-state index in [0.29, 0.717) is 11.8 Å². The lowest BCUT2D eigenvalue weighted by molar-refractivity contribution is 0.0189. The highest BCUT2D eigenvalue weighted by atomic mass is 16.3. The average Bonchev–Trinajstić information content (AvgIpc) is 2.83. The van der Waals surface area contributed by atoms with Crippen LogP contribution in [0.5, 0.6) is 0 Å². The number of allylic oxidation sites excluding steroid dienone is 2. The highest BCUT2D eigenvalue weighted by Gasteiger charge is 2.52. The van der Waals surface area contributed by atoms with E-state index in [2.05, 4.69) is 12.2 Å². The molecule has 0 amide bonds. The van der Waals surface area contributed by atoms with Gasteiger partial charge in [-0.2, -0.15) is 0 Å². The lowest BCUT2D eigenvalue weighted by Gasteiger charge is -2.39. The molecule has 3 aliphatic carbocycles. The van der Waals surface area contributed by atoms with Crippen LogP contribution in [0.3, 0.4) is 0 Å². The summed E-state index contributed by atoms with van der Waals surface area (Å²) in [5.41, 5.74) is 1.03. The van der Waals surface area contributed by atoms with Crippen LogP contribution in [-0.2, 0) is 0 Å². The third kappa shape index (κ3) is 1.18. The van der Waals surface area contributed by atoms with E-state index in [0.717, 1.165) is 18.4 Å². The number of aliphatic hydroxyl groups excluding tert-OH is 2. The van der Waals surface area contributed by atoms with Gasteiger partial charge < -0.3 is 10.2 Å². The van der Waals surface area contributed by atoms with Gasteiger partial charge in [-0.3, -0.25) is 0 Å². The van der Waals surface area contributed by atoms with E-state index in [1.165, 1.54) is 0 Å². The second kappa shape index (κ2) is 3.19. The third-order valence-corrected chi connectivity index (χ3v) is 4.51. The number of fused-ring (bicyclic) bond motifs is 5. The van der Waals surface area contributed by atoms with E-state index in [1.807, 2.05) is 13.0 Å². The zero-order chi connectivity index (χ0) is 10.6. The lowest BCUT2D eigenvalue weighted by Crippen LogP contribution is -2.42. The molecule has 0 heterocycles. The molecule has 0 aromatic carbocycles. The van der Waals surface area contributed by atoms with E-state index in [4.69, 9.17) is 0 Å². The molecule has 6 atom stereocenters. The van der Waals surface area contributed by atoms with Gasteiger partial charge in [0.25, 0.3) is 0 Å². The molecule has 3 rings (SSSR count). The number of hydrogen-bond acceptors (Lipinski definition) is 2. The Morgan fingerprint density at radius 3 is 2.53 bits per heavy atom. The van der Waals surface area contributed by atoms with Crippen LogP contribution in [0.1, 0.15) is 19.8 Å². The SMILES string of the molecule is CCC1=C[C@H](O)[C@H]2[C@@H]([C@@H]1O)[C@H]1C=C[C@@H]2C1. The minimum atomic E-state index is -0.340. The predicted molar refractivity (Wildman–Crippen MR) is 58.1 cm³/mol. The van der Waals surface area contributed by atoms with Crippen LogP contribution in [0.25, 0.3) is 0 Å². The summed E-state index contributed by atoms with van der Waals surface area (Å²) in [4.78, 5) is 0. The summed E-state index contributed by atoms with van der Waals surface area (Å²) in [5, 5.41) is 20.4. The third-order valence-electron chi connectivity index (χ3n) is 4.51. The quantitative estimate of drug-likeness (QED) is 0.638. The summed E-state index contributed by atoms with van der Waals surface area (Å²) < 4.78 is 0. The molecule has 0 aromatic rings. The molecular weight excluding hydrogens is 188 g/mol. The first-order valence-corrected chi connectivity index (χ1v) is 5.97. The van der Waals surface area contributed by atoms with Crippen molar-refractivity contribution in [2.75, 3.05) is 0 Å². The Balaban J connectivity index is 1.98. The molecule has 0 unspecified atom stereocenters. The highest BCUT2D eigenvalue weighted by Crippen LogP contribution is 2.53. The van der Waals surface area contributed by atoms with Crippen molar-refractivity contribution in [1.29, 1.82) is 0 Å². The van der Waals surface area contributed by atoms with Crippen molar-refractivity contribution in [2.24, 2.45) is 23.7 Å². The highest BCUT2D eigenvalue weighted by molar-refractivity contribution is 5.27. The molecule has 2 heteroatoms. The zero-order valence-electron chi connectivity index (χ0n) is 9.00. The fourth-order valence-corrected chi connectivity index (χ4v) is 3.83. The molecule has 1 saturated carbocycles. The Kier molecular flexibility index (Phi) is 2.05. The minimum absolute atomic E-state index is 0.269. The molecule has 3 aliphatic rings. The Labute approximate surface area is 90.3 Å². The van der Waals surface area contributed by atoms with Crippen molar-refractivity contribution in [3.63, 3.8) is 0 Å². The number of aliphatic hydroxyl groups is 2. The standard InChI is InChI=1S/C13H18O2/c1-2-7-6-10(14)11-8-3-4-9(5-8)12(11)13(7)15/h3-4,6,8-15H,2,5H2,1H3/t8-,9+,10+,11+,12+,13-/m1/s1. The molecule has 2 N–H and O–H groups in total. The Morgan fingerprint density at radius 1 is 1.20 bits per heavy atom. The predicted octanol–water partition coefficient (Wildman–Crippen LogP) is 1.50. The number of hydrogen-bond donors (Lipinski definition) is 2. The normalized spacial score (nSPS) is 51.8. The van der Waals surface area contributed by atoms with Crippen molar-refractivity contribution in [3.05, 3.63) is 23.8 Å². The zero-order valence-corrected chi connectivity index (χ0v) is 9.00. The molecule has 2 bridgehead atoms. The fraction of sp³-hybridized carbons (Fsp3) is 0.692. The van der Waals surface area contributed by atoms with Crippen LogP contribution in [0, 0.1) is 23.7 Å². The molecule has 0 saturated heterocycles. The molecule has 2 nitrogen and oxygen atoms in total. The molecule has 0 radical (unpaired) electrons. The van der Waals surface area contributed by atoms with Crippen molar-refractivity contribution in [2.45, 2.75) is 32.0 Å². The summed E-state index contributed by atoms with van der Waals surface area (Å²) >= 11 is 0. The van der Waals surface area contributed by atoms with Crippen molar-refractivity contribution < 1.29 is 10.2 Å². The fourth-order valence-electron chi connectivity index (χ4n) is 3.83. The van der Waals surface area contributed by atoms with E-state index >= 15 is 0 Å². The van der Waals surface area contributed by atoms with Crippen molar-refractivity contribution in [3.8, 4) is 0 Å². The van der Waals surface area contributed by atoms with E-state index < -0.39 is 0 Å². The van der Waals surface area contributed by atoms with E-state index in [-0.39, 0.29) is 24.0 Å². The minimum Gasteiger partial charge on any atom is -0.389 e. The van der Waals surface area contributed by atoms with Crippen LogP contribution >= 0.6 is 0 Å². The van der Waals surface area contributed by atoms with Gasteiger partial charge in [0.05, 0.1) is 12.2 Å². The maximum Gasteiger partial charge on any atom is 0.0788 e. The molecular formula is C13H18O2. The van der Waals surface area contributed by atoms with Gasteiger partial charge in [-0.15, -0.1) is 0 Å². The molecule has 0 aromatic heterocycles. The first-order valence-electron chi connectivity index (χ1n) is 5.97. The van der Waals surface area contributed by atoms with Crippen molar-refractivity contribution in [1.82, 2.24) is 0 Å². The first kappa shape index (κ1) is 9.61. The van der Waals surface area contributed by atoms with E-state index in [9.17, 15) is 10.2 Å². The van der Waals surface area contributed by atoms with Gasteiger partial charge in [0.1, 0.15) is 0 Å². The molecule has 15 heavy (non-hydrogen) atoms. The van der Waals surface area contributed by atoms with Gasteiger partial charge in [0.2, 0.25) is 0 Å². The molecule has 82 valence electrons.